The number of likely N-dealkylation sites (tertiary alicyclic amines) is 1. The average molecular weight is 599 g/mol. The lowest BCUT2D eigenvalue weighted by Crippen LogP contribution is -2.45. The van der Waals surface area contributed by atoms with Gasteiger partial charge in [0.2, 0.25) is 12.2 Å². The second-order valence-corrected chi connectivity index (χ2v) is 9.55. The van der Waals surface area contributed by atoms with Gasteiger partial charge < -0.3 is 19.7 Å². The molecule has 2 unspecified atom stereocenters. The summed E-state index contributed by atoms with van der Waals surface area (Å²) in [4.78, 5) is 53.4. The van der Waals surface area contributed by atoms with Crippen molar-refractivity contribution in [3.05, 3.63) is 100 Å². The van der Waals surface area contributed by atoms with Crippen molar-refractivity contribution in [1.29, 1.82) is 0 Å². The number of hydrogen-bond acceptors (Lipinski definition) is 8. The van der Waals surface area contributed by atoms with Gasteiger partial charge >= 0.3 is 23.9 Å². The Hall–Kier alpha value is -4.09. The van der Waals surface area contributed by atoms with Gasteiger partial charge in [0, 0.05) is 22.9 Å². The van der Waals surface area contributed by atoms with Crippen molar-refractivity contribution < 1.29 is 38.9 Å². The average Bonchev–Trinajstić information content (AvgIpc) is 3.37. The zero-order valence-electron chi connectivity index (χ0n) is 21.0. The highest BCUT2D eigenvalue weighted by Gasteiger charge is 2.41. The topological polar surface area (TPSA) is 143 Å². The van der Waals surface area contributed by atoms with Crippen LogP contribution in [0.5, 0.6) is 0 Å². The van der Waals surface area contributed by atoms with Crippen LogP contribution in [0.2, 0.25) is 0 Å². The van der Waals surface area contributed by atoms with E-state index in [4.69, 9.17) is 9.47 Å². The summed E-state index contributed by atoms with van der Waals surface area (Å²) in [6, 6.07) is 17.6. The van der Waals surface area contributed by atoms with Gasteiger partial charge in [-0.2, -0.15) is 0 Å². The maximum Gasteiger partial charge on any atom is 0.349 e. The van der Waals surface area contributed by atoms with Crippen molar-refractivity contribution in [2.75, 3.05) is 13.6 Å². The summed E-state index contributed by atoms with van der Waals surface area (Å²) in [7, 11) is 2.18. The Balaban J connectivity index is 0.000000268. The number of carbonyl (C=O) groups excluding carboxylic acids is 2. The van der Waals surface area contributed by atoms with E-state index in [1.54, 1.807) is 12.1 Å². The van der Waals surface area contributed by atoms with Gasteiger partial charge in [0.25, 0.3) is 0 Å². The molecule has 1 saturated heterocycles. The third-order valence-corrected chi connectivity index (χ3v) is 6.31. The van der Waals surface area contributed by atoms with Gasteiger partial charge in [0.1, 0.15) is 0 Å². The zero-order valence-corrected chi connectivity index (χ0v) is 22.6. The number of carbonyl (C=O) groups is 4. The molecule has 1 fully saturated rings. The van der Waals surface area contributed by atoms with Gasteiger partial charge in [-0.15, -0.1) is 0 Å². The third-order valence-electron chi connectivity index (χ3n) is 5.88. The molecule has 0 aliphatic carbocycles. The fourth-order valence-corrected chi connectivity index (χ4v) is 4.32. The van der Waals surface area contributed by atoms with Gasteiger partial charge in [-0.25, -0.2) is 19.2 Å². The number of esters is 2. The lowest BCUT2D eigenvalue weighted by molar-refractivity contribution is -0.166. The summed E-state index contributed by atoms with van der Waals surface area (Å²) in [5, 5.41) is 18.5. The van der Waals surface area contributed by atoms with E-state index in [2.05, 4.69) is 38.9 Å². The van der Waals surface area contributed by atoms with Crippen molar-refractivity contribution in [1.82, 2.24) is 9.88 Å². The first-order valence-electron chi connectivity index (χ1n) is 12.0. The van der Waals surface area contributed by atoms with E-state index in [1.807, 2.05) is 12.4 Å². The molecule has 204 valence electrons. The first-order valence-corrected chi connectivity index (χ1v) is 12.7. The number of rotatable bonds is 8. The Kier molecular flexibility index (Phi) is 10.7. The fourth-order valence-electron chi connectivity index (χ4n) is 3.94. The van der Waals surface area contributed by atoms with E-state index in [9.17, 15) is 29.4 Å². The summed E-state index contributed by atoms with van der Waals surface area (Å²) < 4.78 is 10.6. The second kappa shape index (κ2) is 14.2. The first-order chi connectivity index (χ1) is 18.7. The highest BCUT2D eigenvalue weighted by Crippen LogP contribution is 2.30. The van der Waals surface area contributed by atoms with Crippen LogP contribution in [0.4, 0.5) is 0 Å². The molecule has 10 nitrogen and oxygen atoms in total. The highest BCUT2D eigenvalue weighted by molar-refractivity contribution is 9.10. The van der Waals surface area contributed by atoms with Crippen LogP contribution in [0.25, 0.3) is 0 Å². The second-order valence-electron chi connectivity index (χ2n) is 8.64. The number of nitrogens with zero attached hydrogens (tertiary/aromatic N) is 2. The van der Waals surface area contributed by atoms with Crippen LogP contribution in [-0.2, 0) is 19.1 Å². The molecule has 0 spiro atoms. The van der Waals surface area contributed by atoms with Crippen LogP contribution in [-0.4, -0.2) is 69.8 Å². The van der Waals surface area contributed by atoms with Gasteiger partial charge in [-0.3, -0.25) is 9.88 Å². The van der Waals surface area contributed by atoms with Gasteiger partial charge in [-0.1, -0.05) is 36.4 Å². The Morgan fingerprint density at radius 2 is 1.36 bits per heavy atom. The molecule has 0 bridgehead atoms. The quantitative estimate of drug-likeness (QED) is 0.362. The summed E-state index contributed by atoms with van der Waals surface area (Å²) >= 11 is 3.45. The largest absolute Gasteiger partial charge is 0.478 e. The predicted octanol–water partition coefficient (Wildman–Crippen LogP) is 4.22. The van der Waals surface area contributed by atoms with Crippen LogP contribution in [0.15, 0.2) is 83.6 Å². The predicted molar refractivity (Wildman–Crippen MR) is 143 cm³/mol. The molecule has 39 heavy (non-hydrogen) atoms. The summed E-state index contributed by atoms with van der Waals surface area (Å²) in [6.07, 6.45) is 1.93. The number of hydrogen-bond donors (Lipinski definition) is 2. The standard InChI is InChI=1S/C18H14O8.C10H13BrN2/c19-15(20)13(25-17(23)11-7-3-1-4-8-11)14(16(21)22)26-18(24)12-9-5-2-6-10-12;1-13-4-2-3-10(13)8-5-9(11)7-12-6-8/h1-10,13-14H,(H,19,20)(H,21,22);5-7,10H,2-4H2,1H3/t;10-/m.0/s1. The van der Waals surface area contributed by atoms with E-state index in [0.29, 0.717) is 6.04 Å². The number of pyridine rings is 1. The monoisotopic (exact) mass is 598 g/mol. The summed E-state index contributed by atoms with van der Waals surface area (Å²) in [6.45, 7) is 1.21. The first kappa shape index (κ1) is 29.5. The number of ether oxygens (including phenoxy) is 2. The molecule has 3 atom stereocenters. The number of halogens is 1. The van der Waals surface area contributed by atoms with E-state index in [-0.39, 0.29) is 11.1 Å². The van der Waals surface area contributed by atoms with Gasteiger partial charge in [0.05, 0.1) is 11.1 Å². The van der Waals surface area contributed by atoms with Gasteiger partial charge in [0.15, 0.2) is 0 Å². The van der Waals surface area contributed by atoms with Crippen LogP contribution in [0.1, 0.15) is 45.2 Å². The van der Waals surface area contributed by atoms with E-state index in [1.165, 1.54) is 73.5 Å². The molecule has 3 aromatic rings. The van der Waals surface area contributed by atoms with Crippen molar-refractivity contribution in [2.45, 2.75) is 31.1 Å². The van der Waals surface area contributed by atoms with Crippen molar-refractivity contribution >= 4 is 39.8 Å². The Bertz CT molecular complexity index is 1220. The zero-order chi connectivity index (χ0) is 28.4. The Morgan fingerprint density at radius 1 is 0.872 bits per heavy atom. The van der Waals surface area contributed by atoms with E-state index in [0.717, 1.165) is 4.47 Å². The number of carboxylic acids is 2. The molecule has 0 saturated carbocycles. The van der Waals surface area contributed by atoms with Crippen molar-refractivity contribution in [3.8, 4) is 0 Å². The molecule has 11 heteroatoms. The number of aliphatic carboxylic acids is 2. The van der Waals surface area contributed by atoms with Crippen LogP contribution >= 0.6 is 15.9 Å². The van der Waals surface area contributed by atoms with Crippen molar-refractivity contribution in [3.63, 3.8) is 0 Å². The van der Waals surface area contributed by atoms with Crippen molar-refractivity contribution in [2.24, 2.45) is 0 Å². The molecule has 2 N–H and O–H groups in total. The van der Waals surface area contributed by atoms with Crippen LogP contribution < -0.4 is 0 Å². The maximum atomic E-state index is 12.0. The molecule has 4 rings (SSSR count). The minimum Gasteiger partial charge on any atom is -0.478 e. The molecule has 2 heterocycles. The fraction of sp³-hybridized carbons (Fsp3) is 0.250. The van der Waals surface area contributed by atoms with E-state index >= 15 is 0 Å². The maximum absolute atomic E-state index is 12.0. The molecule has 1 aliphatic heterocycles. The minimum atomic E-state index is -2.21. The Morgan fingerprint density at radius 3 is 1.74 bits per heavy atom. The number of benzene rings is 2. The highest BCUT2D eigenvalue weighted by atomic mass is 79.9. The molecule has 0 amide bonds. The van der Waals surface area contributed by atoms with Crippen LogP contribution in [0.3, 0.4) is 0 Å². The smallest absolute Gasteiger partial charge is 0.349 e. The number of carboxylic acid groups (broad SMARTS) is 2. The van der Waals surface area contributed by atoms with E-state index < -0.39 is 36.1 Å². The van der Waals surface area contributed by atoms with Gasteiger partial charge in [-0.05, 0) is 78.3 Å². The molecule has 1 aromatic heterocycles. The lowest BCUT2D eigenvalue weighted by atomic mass is 10.1. The molecule has 2 aromatic carbocycles. The molecule has 1 aliphatic rings. The Labute approximate surface area is 233 Å². The molecular formula is C28H27BrN2O8. The SMILES string of the molecule is CN1CCC[C@H]1c1cncc(Br)c1.O=C(OC(C(=O)O)C(OC(=O)c1ccccc1)C(=O)O)c1ccccc1. The normalized spacial score (nSPS) is 16.2. The lowest BCUT2D eigenvalue weighted by Gasteiger charge is -2.21. The molecule has 0 radical (unpaired) electrons. The summed E-state index contributed by atoms with van der Waals surface area (Å²) in [5.41, 5.74) is 1.38. The number of aromatic nitrogens is 1. The minimum absolute atomic E-state index is 0.0253. The third kappa shape index (κ3) is 8.45. The summed E-state index contributed by atoms with van der Waals surface area (Å²) in [5.74, 6) is -5.63. The van der Waals surface area contributed by atoms with Crippen LogP contribution in [0, 0.1) is 0 Å². The molecular weight excluding hydrogens is 572 g/mol.